The van der Waals surface area contributed by atoms with Gasteiger partial charge < -0.3 is 10.4 Å². The van der Waals surface area contributed by atoms with Crippen LogP contribution in [-0.4, -0.2) is 23.7 Å². The van der Waals surface area contributed by atoms with Crippen molar-refractivity contribution in [2.24, 2.45) is 0 Å². The third-order valence-corrected chi connectivity index (χ3v) is 1.05. The average Bonchev–Trinajstić information content (AvgIpc) is 1.82. The second-order valence-electron chi connectivity index (χ2n) is 2.40. The highest BCUT2D eigenvalue weighted by Crippen LogP contribution is 1.87. The summed E-state index contributed by atoms with van der Waals surface area (Å²) < 4.78 is 0. The number of rotatable bonds is 4. The van der Waals surface area contributed by atoms with Gasteiger partial charge in [-0.15, -0.1) is 0 Å². The second kappa shape index (κ2) is 5.23. The first-order chi connectivity index (χ1) is 4.66. The molecule has 0 radical (unpaired) electrons. The van der Waals surface area contributed by atoms with Crippen molar-refractivity contribution in [3.05, 3.63) is 0 Å². The lowest BCUT2D eigenvalue weighted by atomic mass is 10.3. The summed E-state index contributed by atoms with van der Waals surface area (Å²) in [7, 11) is 0. The fourth-order valence-electron chi connectivity index (χ4n) is 0.605. The predicted molar refractivity (Wildman–Crippen MR) is 39.6 cm³/mol. The zero-order valence-electron chi connectivity index (χ0n) is 6.55. The lowest BCUT2D eigenvalue weighted by Crippen LogP contribution is -2.26. The van der Waals surface area contributed by atoms with Crippen LogP contribution in [0.1, 0.15) is 26.7 Å². The molecule has 0 bridgehead atoms. The number of amides is 1. The molecule has 3 nitrogen and oxygen atoms in total. The quantitative estimate of drug-likeness (QED) is 0.597. The number of hydrogen-bond acceptors (Lipinski definition) is 2. The van der Waals surface area contributed by atoms with Crippen LogP contribution in [0.5, 0.6) is 0 Å². The van der Waals surface area contributed by atoms with Crippen molar-refractivity contribution < 1.29 is 9.90 Å². The fraction of sp³-hybridized carbons (Fsp3) is 0.857. The molecule has 0 saturated heterocycles. The van der Waals surface area contributed by atoms with Crippen LogP contribution in [0.25, 0.3) is 0 Å². The minimum Gasteiger partial charge on any atom is -0.393 e. The van der Waals surface area contributed by atoms with Crippen LogP contribution >= 0.6 is 0 Å². The van der Waals surface area contributed by atoms with E-state index in [1.807, 2.05) is 6.92 Å². The topological polar surface area (TPSA) is 49.3 Å². The molecule has 0 aromatic rings. The van der Waals surface area contributed by atoms with E-state index in [0.717, 1.165) is 6.42 Å². The highest BCUT2D eigenvalue weighted by atomic mass is 16.3. The van der Waals surface area contributed by atoms with E-state index in [-0.39, 0.29) is 12.3 Å². The van der Waals surface area contributed by atoms with Crippen molar-refractivity contribution in [1.29, 1.82) is 0 Å². The third-order valence-electron chi connectivity index (χ3n) is 1.05. The smallest absolute Gasteiger partial charge is 0.222 e. The van der Waals surface area contributed by atoms with Gasteiger partial charge in [-0.05, 0) is 13.3 Å². The zero-order chi connectivity index (χ0) is 7.98. The largest absolute Gasteiger partial charge is 0.393 e. The van der Waals surface area contributed by atoms with Gasteiger partial charge in [0.05, 0.1) is 12.5 Å². The molecular weight excluding hydrogens is 130 g/mol. The van der Waals surface area contributed by atoms with E-state index in [1.165, 1.54) is 0 Å². The Balaban J connectivity index is 3.26. The van der Waals surface area contributed by atoms with Gasteiger partial charge in [0, 0.05) is 6.54 Å². The van der Waals surface area contributed by atoms with Crippen molar-refractivity contribution in [2.45, 2.75) is 32.8 Å². The molecule has 10 heavy (non-hydrogen) atoms. The molecule has 0 aliphatic carbocycles. The molecule has 1 unspecified atom stereocenters. The number of nitrogens with one attached hydrogen (secondary N) is 1. The average molecular weight is 145 g/mol. The van der Waals surface area contributed by atoms with E-state index in [1.54, 1.807) is 6.92 Å². The van der Waals surface area contributed by atoms with Crippen molar-refractivity contribution >= 4 is 5.91 Å². The molecule has 0 spiro atoms. The van der Waals surface area contributed by atoms with Gasteiger partial charge in [-0.25, -0.2) is 0 Å². The molecule has 0 aromatic heterocycles. The summed E-state index contributed by atoms with van der Waals surface area (Å²) in [6, 6.07) is 0. The molecule has 0 heterocycles. The summed E-state index contributed by atoms with van der Waals surface area (Å²) in [5.41, 5.74) is 0. The van der Waals surface area contributed by atoms with E-state index in [9.17, 15) is 4.79 Å². The first-order valence-corrected chi connectivity index (χ1v) is 3.61. The lowest BCUT2D eigenvalue weighted by molar-refractivity contribution is -0.122. The Labute approximate surface area is 61.4 Å². The summed E-state index contributed by atoms with van der Waals surface area (Å²) in [6.07, 6.45) is 0.614. The van der Waals surface area contributed by atoms with Crippen molar-refractivity contribution in [2.75, 3.05) is 6.54 Å². The van der Waals surface area contributed by atoms with E-state index in [2.05, 4.69) is 5.32 Å². The standard InChI is InChI=1S/C7H15NO2/c1-3-4-8-7(10)5-6(2)9/h6,9H,3-5H2,1-2H3,(H,8,10). The maximum atomic E-state index is 10.7. The van der Waals surface area contributed by atoms with Gasteiger partial charge in [0.25, 0.3) is 0 Å². The minimum atomic E-state index is -0.531. The van der Waals surface area contributed by atoms with Crippen LogP contribution < -0.4 is 5.32 Å². The van der Waals surface area contributed by atoms with Crippen LogP contribution in [0, 0.1) is 0 Å². The Hall–Kier alpha value is -0.570. The first-order valence-electron chi connectivity index (χ1n) is 3.61. The van der Waals surface area contributed by atoms with Crippen LogP contribution in [0.2, 0.25) is 0 Å². The van der Waals surface area contributed by atoms with E-state index in [4.69, 9.17) is 5.11 Å². The third kappa shape index (κ3) is 5.56. The molecule has 0 aliphatic rings. The molecule has 0 aromatic carbocycles. The van der Waals surface area contributed by atoms with Crippen LogP contribution in [-0.2, 0) is 4.79 Å². The maximum Gasteiger partial charge on any atom is 0.222 e. The van der Waals surface area contributed by atoms with Crippen molar-refractivity contribution in [3.8, 4) is 0 Å². The van der Waals surface area contributed by atoms with Crippen LogP contribution in [0.15, 0.2) is 0 Å². The van der Waals surface area contributed by atoms with Gasteiger partial charge in [-0.1, -0.05) is 6.92 Å². The molecule has 0 fully saturated rings. The van der Waals surface area contributed by atoms with Gasteiger partial charge in [0.15, 0.2) is 0 Å². The van der Waals surface area contributed by atoms with Crippen molar-refractivity contribution in [3.63, 3.8) is 0 Å². The van der Waals surface area contributed by atoms with E-state index >= 15 is 0 Å². The molecule has 0 aliphatic heterocycles. The summed E-state index contributed by atoms with van der Waals surface area (Å²) in [5, 5.41) is 11.4. The monoisotopic (exact) mass is 145 g/mol. The van der Waals surface area contributed by atoms with Gasteiger partial charge in [-0.2, -0.15) is 0 Å². The van der Waals surface area contributed by atoms with Gasteiger partial charge in [-0.3, -0.25) is 4.79 Å². The normalized spacial score (nSPS) is 12.7. The van der Waals surface area contributed by atoms with Crippen LogP contribution in [0.4, 0.5) is 0 Å². The summed E-state index contributed by atoms with van der Waals surface area (Å²) in [5.74, 6) is -0.0724. The first kappa shape index (κ1) is 9.43. The molecule has 1 amide bonds. The fourth-order valence-corrected chi connectivity index (χ4v) is 0.605. The molecule has 1 atom stereocenters. The van der Waals surface area contributed by atoms with Gasteiger partial charge in [0.2, 0.25) is 5.91 Å². The Morgan fingerprint density at radius 3 is 2.70 bits per heavy atom. The number of aliphatic hydroxyl groups excluding tert-OH is 1. The highest BCUT2D eigenvalue weighted by Gasteiger charge is 2.03. The Bertz CT molecular complexity index is 102. The van der Waals surface area contributed by atoms with Crippen molar-refractivity contribution in [1.82, 2.24) is 5.32 Å². The van der Waals surface area contributed by atoms with Gasteiger partial charge >= 0.3 is 0 Å². The second-order valence-corrected chi connectivity index (χ2v) is 2.40. The number of carbonyl (C=O) groups excluding carboxylic acids is 1. The molecule has 3 heteroatoms. The predicted octanol–water partition coefficient (Wildman–Crippen LogP) is 0.283. The number of carbonyl (C=O) groups is 1. The SMILES string of the molecule is CCCNC(=O)CC(C)O. The summed E-state index contributed by atoms with van der Waals surface area (Å²) in [6.45, 7) is 4.29. The summed E-state index contributed by atoms with van der Waals surface area (Å²) >= 11 is 0. The number of aliphatic hydroxyl groups is 1. The van der Waals surface area contributed by atoms with E-state index in [0.29, 0.717) is 6.54 Å². The summed E-state index contributed by atoms with van der Waals surface area (Å²) in [4.78, 5) is 10.7. The Morgan fingerprint density at radius 2 is 2.30 bits per heavy atom. The lowest BCUT2D eigenvalue weighted by Gasteiger charge is -2.04. The molecule has 0 rings (SSSR count). The Kier molecular flexibility index (Phi) is 4.94. The molecule has 0 saturated carbocycles. The van der Waals surface area contributed by atoms with E-state index < -0.39 is 6.10 Å². The highest BCUT2D eigenvalue weighted by molar-refractivity contribution is 5.76. The minimum absolute atomic E-state index is 0.0724. The van der Waals surface area contributed by atoms with Crippen LogP contribution in [0.3, 0.4) is 0 Å². The molecular formula is C7H15NO2. The molecule has 2 N–H and O–H groups in total. The Morgan fingerprint density at radius 1 is 1.70 bits per heavy atom. The maximum absolute atomic E-state index is 10.7. The van der Waals surface area contributed by atoms with Gasteiger partial charge in [0.1, 0.15) is 0 Å². The molecule has 60 valence electrons. The number of hydrogen-bond donors (Lipinski definition) is 2. The zero-order valence-corrected chi connectivity index (χ0v) is 6.55.